The highest BCUT2D eigenvalue weighted by molar-refractivity contribution is 4.98. The summed E-state index contributed by atoms with van der Waals surface area (Å²) >= 11 is 0. The summed E-state index contributed by atoms with van der Waals surface area (Å²) in [6, 6.07) is -0.192. The molecular weight excluding hydrogens is 342 g/mol. The number of nitrogens with zero attached hydrogens (tertiary/aromatic N) is 1. The van der Waals surface area contributed by atoms with Gasteiger partial charge in [0.1, 0.15) is 6.10 Å². The van der Waals surface area contributed by atoms with Crippen molar-refractivity contribution in [3.8, 4) is 0 Å². The third-order valence-corrected chi connectivity index (χ3v) is 5.84. The lowest BCUT2D eigenvalue weighted by Gasteiger charge is -2.32. The molecular formula is C22H45NO4. The van der Waals surface area contributed by atoms with E-state index in [2.05, 4.69) is 18.7 Å². The fourth-order valence-corrected chi connectivity index (χ4v) is 4.12. The van der Waals surface area contributed by atoms with Crippen LogP contribution in [0.25, 0.3) is 0 Å². The summed E-state index contributed by atoms with van der Waals surface area (Å²) in [5.74, 6) is 0. The first-order valence-electron chi connectivity index (χ1n) is 11.4. The Morgan fingerprint density at radius 1 is 0.889 bits per heavy atom. The van der Waals surface area contributed by atoms with Crippen LogP contribution in [0.5, 0.6) is 0 Å². The number of aliphatic hydroxyl groups excluding tert-OH is 3. The van der Waals surface area contributed by atoms with Gasteiger partial charge in [0.2, 0.25) is 0 Å². The maximum absolute atomic E-state index is 10.4. The fourth-order valence-electron chi connectivity index (χ4n) is 4.12. The molecule has 1 rings (SSSR count). The van der Waals surface area contributed by atoms with Crippen LogP contribution in [0.3, 0.4) is 0 Å². The number of hydrogen-bond donors (Lipinski definition) is 3. The van der Waals surface area contributed by atoms with Crippen molar-refractivity contribution in [1.82, 2.24) is 4.90 Å². The molecule has 3 N–H and O–H groups in total. The molecule has 5 atom stereocenters. The Hall–Kier alpha value is -0.200. The van der Waals surface area contributed by atoms with Gasteiger partial charge in [0.05, 0.1) is 31.0 Å². The van der Waals surface area contributed by atoms with Gasteiger partial charge in [-0.1, -0.05) is 71.6 Å². The lowest BCUT2D eigenvalue weighted by molar-refractivity contribution is -0.0834. The monoisotopic (exact) mass is 387 g/mol. The van der Waals surface area contributed by atoms with Gasteiger partial charge < -0.3 is 20.1 Å². The van der Waals surface area contributed by atoms with E-state index in [1.165, 1.54) is 44.9 Å². The number of rotatable bonds is 16. The van der Waals surface area contributed by atoms with Crippen molar-refractivity contribution in [3.05, 3.63) is 0 Å². The Balaban J connectivity index is 2.35. The van der Waals surface area contributed by atoms with Gasteiger partial charge in [-0.05, 0) is 26.4 Å². The van der Waals surface area contributed by atoms with Crippen LogP contribution in [-0.4, -0.2) is 70.9 Å². The van der Waals surface area contributed by atoms with E-state index >= 15 is 0 Å². The first kappa shape index (κ1) is 24.8. The van der Waals surface area contributed by atoms with Gasteiger partial charge in [-0.15, -0.1) is 0 Å². The Kier molecular flexibility index (Phi) is 13.6. The van der Waals surface area contributed by atoms with Crippen molar-refractivity contribution in [2.45, 2.75) is 121 Å². The molecule has 0 aromatic heterocycles. The average molecular weight is 388 g/mol. The normalized spacial score (nSPS) is 26.8. The van der Waals surface area contributed by atoms with Gasteiger partial charge in [-0.2, -0.15) is 0 Å². The standard InChI is InChI=1S/C22H45NO4/c1-4-6-8-10-12-14-18(24)17-27-22-20(26)16-19(25)21(22)23(3)15-13-11-9-7-5-2/h18-22,24-26H,4-17H2,1-3H3. The second-order valence-corrected chi connectivity index (χ2v) is 8.41. The molecule has 0 bridgehead atoms. The summed E-state index contributed by atoms with van der Waals surface area (Å²) in [5, 5.41) is 30.9. The molecule has 0 aromatic carbocycles. The van der Waals surface area contributed by atoms with Crippen molar-refractivity contribution < 1.29 is 20.1 Å². The minimum Gasteiger partial charge on any atom is -0.391 e. The molecule has 0 spiro atoms. The van der Waals surface area contributed by atoms with Crippen molar-refractivity contribution in [3.63, 3.8) is 0 Å². The summed E-state index contributed by atoms with van der Waals surface area (Å²) < 4.78 is 5.90. The molecule has 0 aliphatic heterocycles. The maximum atomic E-state index is 10.4. The molecule has 1 aliphatic rings. The van der Waals surface area contributed by atoms with Gasteiger partial charge in [-0.3, -0.25) is 4.90 Å². The number of unbranched alkanes of at least 4 members (excludes halogenated alkanes) is 8. The molecule has 5 heteroatoms. The van der Waals surface area contributed by atoms with Gasteiger partial charge in [-0.25, -0.2) is 0 Å². The van der Waals surface area contributed by atoms with E-state index in [0.29, 0.717) is 6.42 Å². The van der Waals surface area contributed by atoms with Gasteiger partial charge >= 0.3 is 0 Å². The highest BCUT2D eigenvalue weighted by Crippen LogP contribution is 2.28. The maximum Gasteiger partial charge on any atom is 0.102 e. The number of ether oxygens (including phenoxy) is 1. The Morgan fingerprint density at radius 2 is 1.48 bits per heavy atom. The molecule has 0 aromatic rings. The molecule has 1 saturated carbocycles. The Morgan fingerprint density at radius 3 is 2.11 bits per heavy atom. The lowest BCUT2D eigenvalue weighted by atomic mass is 10.1. The average Bonchev–Trinajstić information content (AvgIpc) is 2.92. The topological polar surface area (TPSA) is 73.2 Å². The SMILES string of the molecule is CCCCCCCC(O)COC1C(O)CC(O)C1N(C)CCCCCCC. The number of aliphatic hydroxyl groups is 3. The van der Waals surface area contributed by atoms with Crippen LogP contribution in [0.15, 0.2) is 0 Å². The van der Waals surface area contributed by atoms with E-state index in [9.17, 15) is 15.3 Å². The van der Waals surface area contributed by atoms with Crippen LogP contribution in [-0.2, 0) is 4.74 Å². The second-order valence-electron chi connectivity index (χ2n) is 8.41. The minimum atomic E-state index is -0.663. The summed E-state index contributed by atoms with van der Waals surface area (Å²) in [5.41, 5.74) is 0. The van der Waals surface area contributed by atoms with E-state index in [4.69, 9.17) is 4.74 Å². The lowest BCUT2D eigenvalue weighted by Crippen LogP contribution is -2.48. The number of hydrogen-bond acceptors (Lipinski definition) is 5. The summed E-state index contributed by atoms with van der Waals surface area (Å²) in [7, 11) is 2.01. The first-order chi connectivity index (χ1) is 13.0. The minimum absolute atomic E-state index is 0.192. The van der Waals surface area contributed by atoms with E-state index < -0.39 is 24.4 Å². The molecule has 162 valence electrons. The first-order valence-corrected chi connectivity index (χ1v) is 11.4. The zero-order valence-electron chi connectivity index (χ0n) is 18.0. The van der Waals surface area contributed by atoms with Gasteiger partial charge in [0, 0.05) is 6.42 Å². The van der Waals surface area contributed by atoms with Crippen molar-refractivity contribution in [2.75, 3.05) is 20.2 Å². The largest absolute Gasteiger partial charge is 0.391 e. The molecule has 0 radical (unpaired) electrons. The van der Waals surface area contributed by atoms with E-state index in [-0.39, 0.29) is 12.6 Å². The molecule has 27 heavy (non-hydrogen) atoms. The molecule has 5 unspecified atom stereocenters. The molecule has 0 amide bonds. The van der Waals surface area contributed by atoms with E-state index in [1.807, 2.05) is 7.05 Å². The second kappa shape index (κ2) is 14.7. The highest BCUT2D eigenvalue weighted by Gasteiger charge is 2.44. The molecule has 1 aliphatic carbocycles. The highest BCUT2D eigenvalue weighted by atomic mass is 16.5. The molecule has 1 fully saturated rings. The van der Waals surface area contributed by atoms with Crippen LogP contribution in [0.2, 0.25) is 0 Å². The molecule has 0 heterocycles. The third-order valence-electron chi connectivity index (χ3n) is 5.84. The third kappa shape index (κ3) is 9.71. The number of likely N-dealkylation sites (N-methyl/N-ethyl adjacent to an activating group) is 1. The summed E-state index contributed by atoms with van der Waals surface area (Å²) in [6.07, 6.45) is 10.9. The smallest absolute Gasteiger partial charge is 0.102 e. The summed E-state index contributed by atoms with van der Waals surface area (Å²) in [6.45, 7) is 5.55. The zero-order valence-corrected chi connectivity index (χ0v) is 18.0. The van der Waals surface area contributed by atoms with E-state index in [1.54, 1.807) is 0 Å². The van der Waals surface area contributed by atoms with Crippen LogP contribution >= 0.6 is 0 Å². The van der Waals surface area contributed by atoms with E-state index in [0.717, 1.165) is 32.2 Å². The van der Waals surface area contributed by atoms with Crippen molar-refractivity contribution in [1.29, 1.82) is 0 Å². The van der Waals surface area contributed by atoms with Gasteiger partial charge in [0.15, 0.2) is 0 Å². The van der Waals surface area contributed by atoms with Crippen molar-refractivity contribution >= 4 is 0 Å². The molecule has 5 nitrogen and oxygen atoms in total. The summed E-state index contributed by atoms with van der Waals surface area (Å²) in [4.78, 5) is 2.13. The van der Waals surface area contributed by atoms with Crippen LogP contribution in [0.4, 0.5) is 0 Å². The molecule has 0 saturated heterocycles. The van der Waals surface area contributed by atoms with Gasteiger partial charge in [0.25, 0.3) is 0 Å². The van der Waals surface area contributed by atoms with Crippen LogP contribution in [0.1, 0.15) is 90.9 Å². The predicted octanol–water partition coefficient (Wildman–Crippen LogP) is 3.49. The predicted molar refractivity (Wildman–Crippen MR) is 111 cm³/mol. The Labute approximate surface area is 167 Å². The Bertz CT molecular complexity index is 355. The quantitative estimate of drug-likeness (QED) is 0.354. The van der Waals surface area contributed by atoms with Crippen LogP contribution < -0.4 is 0 Å². The van der Waals surface area contributed by atoms with Crippen molar-refractivity contribution in [2.24, 2.45) is 0 Å². The zero-order chi connectivity index (χ0) is 20.1. The fraction of sp³-hybridized carbons (Fsp3) is 1.00. The van der Waals surface area contributed by atoms with Crippen LogP contribution in [0, 0.1) is 0 Å².